The molecule has 0 unspecified atom stereocenters. The van der Waals surface area contributed by atoms with Crippen LogP contribution < -0.4 is 10.6 Å². The molecule has 1 heterocycles. The summed E-state index contributed by atoms with van der Waals surface area (Å²) in [6, 6.07) is 16.3. The highest BCUT2D eigenvalue weighted by atomic mass is 32.1. The van der Waals surface area contributed by atoms with Gasteiger partial charge in [0.15, 0.2) is 5.11 Å². The summed E-state index contributed by atoms with van der Waals surface area (Å²) in [5, 5.41) is 11.0. The van der Waals surface area contributed by atoms with Crippen molar-refractivity contribution in [1.82, 2.24) is 14.8 Å². The molecule has 2 aromatic carbocycles. The summed E-state index contributed by atoms with van der Waals surface area (Å²) in [4.78, 5) is 4.25. The number of hydrogen-bond acceptors (Lipinski definition) is 3. The molecule has 6 heteroatoms. The summed E-state index contributed by atoms with van der Waals surface area (Å²) in [6.07, 6.45) is 1.70. The van der Waals surface area contributed by atoms with Gasteiger partial charge < -0.3 is 5.32 Å². The zero-order valence-corrected chi connectivity index (χ0v) is 14.5. The van der Waals surface area contributed by atoms with E-state index in [1.54, 1.807) is 11.0 Å². The molecule has 0 aliphatic carbocycles. The van der Waals surface area contributed by atoms with E-state index in [2.05, 4.69) is 45.8 Å². The summed E-state index contributed by atoms with van der Waals surface area (Å²) >= 11 is 5.32. The second-order valence-corrected chi connectivity index (χ2v) is 6.06. The minimum absolute atomic E-state index is 0.470. The van der Waals surface area contributed by atoms with Gasteiger partial charge in [-0.1, -0.05) is 48.0 Å². The zero-order chi connectivity index (χ0) is 16.9. The number of nitrogens with zero attached hydrogens (tertiary/aromatic N) is 3. The van der Waals surface area contributed by atoms with Crippen LogP contribution in [0.1, 0.15) is 16.7 Å². The Balaban J connectivity index is 1.61. The van der Waals surface area contributed by atoms with E-state index in [9.17, 15) is 0 Å². The van der Waals surface area contributed by atoms with Crippen molar-refractivity contribution in [2.24, 2.45) is 0 Å². The Hall–Kier alpha value is -2.73. The molecule has 1 aromatic heterocycles. The molecule has 0 amide bonds. The molecular weight excluding hydrogens is 318 g/mol. The first-order valence-electron chi connectivity index (χ1n) is 7.69. The molecule has 0 fully saturated rings. The number of nitrogens with one attached hydrogen (secondary N) is 2. The quantitative estimate of drug-likeness (QED) is 0.710. The van der Waals surface area contributed by atoms with E-state index in [0.29, 0.717) is 17.6 Å². The molecule has 0 saturated carbocycles. The van der Waals surface area contributed by atoms with Crippen LogP contribution in [0, 0.1) is 13.8 Å². The number of aryl methyl sites for hydroxylation is 2. The number of aromatic nitrogens is 3. The second kappa shape index (κ2) is 7.23. The van der Waals surface area contributed by atoms with Crippen LogP contribution in [0.2, 0.25) is 0 Å². The SMILES string of the molecule is Cc1cccc(Cn2cnc(NC(=S)Nc3ccccc3C)n2)c1. The highest BCUT2D eigenvalue weighted by molar-refractivity contribution is 7.80. The number of benzene rings is 2. The maximum Gasteiger partial charge on any atom is 0.248 e. The molecule has 3 aromatic rings. The summed E-state index contributed by atoms with van der Waals surface area (Å²) in [5.41, 5.74) is 4.51. The number of anilines is 2. The fourth-order valence-corrected chi connectivity index (χ4v) is 2.60. The van der Waals surface area contributed by atoms with Gasteiger partial charge in [-0.3, -0.25) is 5.32 Å². The Morgan fingerprint density at radius 2 is 1.92 bits per heavy atom. The van der Waals surface area contributed by atoms with Crippen LogP contribution in [0.15, 0.2) is 54.9 Å². The van der Waals surface area contributed by atoms with Crippen LogP contribution in [0.4, 0.5) is 11.6 Å². The second-order valence-electron chi connectivity index (χ2n) is 5.65. The van der Waals surface area contributed by atoms with Crippen molar-refractivity contribution in [3.63, 3.8) is 0 Å². The largest absolute Gasteiger partial charge is 0.332 e. The minimum Gasteiger partial charge on any atom is -0.332 e. The molecule has 24 heavy (non-hydrogen) atoms. The zero-order valence-electron chi connectivity index (χ0n) is 13.7. The van der Waals surface area contributed by atoms with Gasteiger partial charge in [-0.05, 0) is 43.3 Å². The summed E-state index contributed by atoms with van der Waals surface area (Å²) in [6.45, 7) is 4.78. The molecular formula is C18H19N5S. The molecule has 0 saturated heterocycles. The maximum atomic E-state index is 5.32. The maximum absolute atomic E-state index is 5.32. The van der Waals surface area contributed by atoms with Crippen molar-refractivity contribution < 1.29 is 0 Å². The fourth-order valence-electron chi connectivity index (χ4n) is 2.39. The van der Waals surface area contributed by atoms with Gasteiger partial charge in [0.1, 0.15) is 6.33 Å². The monoisotopic (exact) mass is 337 g/mol. The van der Waals surface area contributed by atoms with Crippen LogP contribution in [-0.4, -0.2) is 19.9 Å². The molecule has 0 aliphatic rings. The smallest absolute Gasteiger partial charge is 0.248 e. The van der Waals surface area contributed by atoms with Gasteiger partial charge in [-0.2, -0.15) is 0 Å². The topological polar surface area (TPSA) is 54.8 Å². The van der Waals surface area contributed by atoms with Crippen LogP contribution >= 0.6 is 12.2 Å². The predicted molar refractivity (Wildman–Crippen MR) is 101 cm³/mol. The lowest BCUT2D eigenvalue weighted by atomic mass is 10.1. The Morgan fingerprint density at radius 1 is 1.08 bits per heavy atom. The highest BCUT2D eigenvalue weighted by Gasteiger charge is 2.05. The van der Waals surface area contributed by atoms with Gasteiger partial charge in [0, 0.05) is 5.69 Å². The normalized spacial score (nSPS) is 10.4. The van der Waals surface area contributed by atoms with Gasteiger partial charge in [0.05, 0.1) is 6.54 Å². The number of thiocarbonyl (C=S) groups is 1. The van der Waals surface area contributed by atoms with Crippen molar-refractivity contribution in [3.8, 4) is 0 Å². The van der Waals surface area contributed by atoms with Crippen molar-refractivity contribution in [2.45, 2.75) is 20.4 Å². The first-order chi connectivity index (χ1) is 11.6. The summed E-state index contributed by atoms with van der Waals surface area (Å²) in [7, 11) is 0. The Labute approximate surface area is 146 Å². The van der Waals surface area contributed by atoms with Gasteiger partial charge in [-0.15, -0.1) is 5.10 Å². The molecule has 0 atom stereocenters. The molecule has 0 bridgehead atoms. The molecule has 3 rings (SSSR count). The number of hydrogen-bond donors (Lipinski definition) is 2. The first-order valence-corrected chi connectivity index (χ1v) is 8.09. The number of para-hydroxylation sites is 1. The molecule has 5 nitrogen and oxygen atoms in total. The van der Waals surface area contributed by atoms with Crippen LogP contribution in [0.3, 0.4) is 0 Å². The Morgan fingerprint density at radius 3 is 2.71 bits per heavy atom. The Kier molecular flexibility index (Phi) is 4.86. The molecule has 122 valence electrons. The van der Waals surface area contributed by atoms with E-state index in [0.717, 1.165) is 11.3 Å². The van der Waals surface area contributed by atoms with Gasteiger partial charge >= 0.3 is 0 Å². The third-order valence-corrected chi connectivity index (χ3v) is 3.79. The van der Waals surface area contributed by atoms with E-state index in [1.807, 2.05) is 37.3 Å². The van der Waals surface area contributed by atoms with E-state index in [4.69, 9.17) is 12.2 Å². The van der Waals surface area contributed by atoms with E-state index < -0.39 is 0 Å². The summed E-state index contributed by atoms with van der Waals surface area (Å²) < 4.78 is 1.79. The van der Waals surface area contributed by atoms with Gasteiger partial charge in [0.25, 0.3) is 0 Å². The van der Waals surface area contributed by atoms with E-state index in [-0.39, 0.29) is 0 Å². The van der Waals surface area contributed by atoms with Crippen LogP contribution in [-0.2, 0) is 6.54 Å². The molecule has 0 aliphatic heterocycles. The fraction of sp³-hybridized carbons (Fsp3) is 0.167. The lowest BCUT2D eigenvalue weighted by Gasteiger charge is -2.10. The van der Waals surface area contributed by atoms with Crippen LogP contribution in [0.25, 0.3) is 0 Å². The van der Waals surface area contributed by atoms with Gasteiger partial charge in [-0.25, -0.2) is 9.67 Å². The van der Waals surface area contributed by atoms with Crippen molar-refractivity contribution in [3.05, 3.63) is 71.5 Å². The summed E-state index contributed by atoms with van der Waals surface area (Å²) in [5.74, 6) is 0.480. The Bertz CT molecular complexity index is 856. The lowest BCUT2D eigenvalue weighted by Crippen LogP contribution is -2.20. The van der Waals surface area contributed by atoms with Gasteiger partial charge in [0.2, 0.25) is 5.95 Å². The van der Waals surface area contributed by atoms with E-state index in [1.165, 1.54) is 11.1 Å². The lowest BCUT2D eigenvalue weighted by molar-refractivity contribution is 0.687. The van der Waals surface area contributed by atoms with Crippen molar-refractivity contribution in [1.29, 1.82) is 0 Å². The molecule has 2 N–H and O–H groups in total. The average Bonchev–Trinajstić information content (AvgIpc) is 2.96. The molecule has 0 radical (unpaired) electrons. The van der Waals surface area contributed by atoms with Crippen LogP contribution in [0.5, 0.6) is 0 Å². The van der Waals surface area contributed by atoms with E-state index >= 15 is 0 Å². The standard InChI is InChI=1S/C18H19N5S/c1-13-6-5-8-15(10-13)11-23-12-19-17(22-23)21-18(24)20-16-9-4-3-7-14(16)2/h3-10,12H,11H2,1-2H3,(H2,20,21,22,24). The predicted octanol–water partition coefficient (Wildman–Crippen LogP) is 3.75. The third kappa shape index (κ3) is 4.17. The average molecular weight is 337 g/mol. The first kappa shape index (κ1) is 16.1. The number of rotatable bonds is 4. The minimum atomic E-state index is 0.470. The van der Waals surface area contributed by atoms with Crippen molar-refractivity contribution >= 4 is 29.0 Å². The highest BCUT2D eigenvalue weighted by Crippen LogP contribution is 2.13. The molecule has 0 spiro atoms. The third-order valence-electron chi connectivity index (χ3n) is 3.58. The van der Waals surface area contributed by atoms with Crippen molar-refractivity contribution in [2.75, 3.05) is 10.6 Å².